The van der Waals surface area contributed by atoms with E-state index in [2.05, 4.69) is 121 Å². The second-order valence-corrected chi connectivity index (χ2v) is 37.8. The molecule has 36 heteroatoms. The average Bonchev–Trinajstić information content (AvgIpc) is 1.77. The molecule has 140 heavy (non-hydrogen) atoms. The van der Waals surface area contributed by atoms with Crippen LogP contribution in [-0.4, -0.2) is 181 Å². The Morgan fingerprint density at radius 2 is 0.650 bits per heavy atom. The first-order chi connectivity index (χ1) is 68.3. The lowest BCUT2D eigenvalue weighted by Crippen LogP contribution is -2.35. The van der Waals surface area contributed by atoms with Crippen LogP contribution in [0.5, 0.6) is 23.0 Å². The third-order valence-electron chi connectivity index (χ3n) is 24.4. The van der Waals surface area contributed by atoms with Crippen LogP contribution in [0.25, 0.3) is 92.2 Å². The summed E-state index contributed by atoms with van der Waals surface area (Å²) >= 11 is 50.3. The normalized spacial score (nSPS) is 15.6. The fourth-order valence-corrected chi connectivity index (χ4v) is 19.8. The topological polar surface area (TPSA) is 316 Å². The molecule has 0 aliphatic carbocycles. The number of halogens is 8. The summed E-state index contributed by atoms with van der Waals surface area (Å²) in [5.41, 5.74) is 15.7. The lowest BCUT2D eigenvalue weighted by Gasteiger charge is -2.26. The van der Waals surface area contributed by atoms with Crippen molar-refractivity contribution in [2.45, 2.75) is 136 Å². The fraction of sp³-hybridized carbons (Fsp3) is 0.298. The van der Waals surface area contributed by atoms with Gasteiger partial charge in [-0.05, 0) is 238 Å². The minimum absolute atomic E-state index is 0.345. The van der Waals surface area contributed by atoms with Gasteiger partial charge in [0.15, 0.2) is 5.82 Å². The molecule has 0 spiro atoms. The molecule has 16 aromatic rings. The number of fused-ring (bicyclic) bond motifs is 4. The fourth-order valence-electron chi connectivity index (χ4n) is 17.2. The number of ether oxygens (including phenoxy) is 5. The third-order valence-corrected chi connectivity index (χ3v) is 26.8. The molecular formula is C104H103Cl8N23O5. The van der Waals surface area contributed by atoms with Crippen LogP contribution in [0.3, 0.4) is 0 Å². The number of pyridine rings is 5. The van der Waals surface area contributed by atoms with E-state index in [1.54, 1.807) is 49.6 Å². The Hall–Kier alpha value is -12.0. The van der Waals surface area contributed by atoms with Gasteiger partial charge in [0.1, 0.15) is 53.2 Å². The van der Waals surface area contributed by atoms with Gasteiger partial charge in [-0.2, -0.15) is 20.4 Å². The minimum atomic E-state index is -0.349. The Kier molecular flexibility index (Phi) is 34.5. The maximum Gasteiger partial charge on any atom is 0.151 e. The predicted molar refractivity (Wildman–Crippen MR) is 557 cm³/mol. The molecule has 4 N–H and O–H groups in total. The molecule has 0 radical (unpaired) electrons. The predicted octanol–water partition coefficient (Wildman–Crippen LogP) is 24.9. The Labute approximate surface area is 850 Å². The number of hydrogen-bond donors (Lipinski definition) is 4. The molecule has 0 saturated carbocycles. The highest BCUT2D eigenvalue weighted by Gasteiger charge is 2.25. The maximum atomic E-state index is 6.29. The number of aromatic amines is 4. The van der Waals surface area contributed by atoms with Crippen molar-refractivity contribution in [3.63, 3.8) is 0 Å². The van der Waals surface area contributed by atoms with Gasteiger partial charge in [0, 0.05) is 174 Å². The van der Waals surface area contributed by atoms with Crippen molar-refractivity contribution in [1.29, 1.82) is 0 Å². The Balaban J connectivity index is 0.000000129. The molecule has 16 heterocycles. The van der Waals surface area contributed by atoms with Crippen molar-refractivity contribution >= 4 is 185 Å². The van der Waals surface area contributed by atoms with E-state index in [1.165, 1.54) is 63.4 Å². The lowest BCUT2D eigenvalue weighted by molar-refractivity contribution is 0.0341. The van der Waals surface area contributed by atoms with Gasteiger partial charge >= 0.3 is 0 Å². The highest BCUT2D eigenvalue weighted by Crippen LogP contribution is 2.40. The second-order valence-electron chi connectivity index (χ2n) is 34.5. The van der Waals surface area contributed by atoms with Crippen LogP contribution in [-0.2, 0) is 30.9 Å². The van der Waals surface area contributed by atoms with Crippen LogP contribution in [0.1, 0.15) is 200 Å². The first kappa shape index (κ1) is 99.6. The van der Waals surface area contributed by atoms with E-state index in [0.29, 0.717) is 91.3 Å². The molecule has 0 amide bonds. The molecule has 4 aromatic carbocycles. The molecule has 4 atom stereocenters. The van der Waals surface area contributed by atoms with Crippen LogP contribution in [0.2, 0.25) is 40.2 Å². The van der Waals surface area contributed by atoms with E-state index < -0.39 is 0 Å². The largest absolute Gasteiger partial charge is 0.486 e. The molecule has 4 unspecified atom stereocenters. The molecule has 28 nitrogen and oxygen atoms in total. The minimum Gasteiger partial charge on any atom is -0.486 e. The van der Waals surface area contributed by atoms with Crippen molar-refractivity contribution in [2.75, 3.05) is 65.6 Å². The standard InChI is InChI=1S/3C26H26Cl2N6O.C26H25Cl2N5O2/c1-17(26-22(27)14-29-15-23(26)28)35-20-6-8-25-21(11-20)24(32-33-25)7-5-18-12-31-19(13-30-18)16-34-9-3-2-4-10-34;1-17(26-21(27)14-29-15-22(26)28)35-19-6-8-24-20(11-19)23(32-33-24)7-5-18-12-30-25(31-13-18)16-34-9-3-2-4-10-34;1-17(26-21(27)14-29-15-22(26)28)35-19-5-6-23-20(11-19)24(33-32-23)7-8-25-30-12-18(13-31-25)16-34-9-3-2-4-10-34;1-17(26-22(27)14-30-15-23(26)28)35-20-3-5-25-21(11-20)24(31-32-25)4-2-18-10-19(13-29-12-18)16-33-6-8-34-9-7-33/h3*5-8,11-15,17H,2-4,9-10,16H2,1H3,(H,32,33);2-5,10-15,17H,6-9,16H2,1H3,(H,31,32)/b2*7-5+;8-7+;4-2+. The van der Waals surface area contributed by atoms with Gasteiger partial charge in [-0.15, -0.1) is 0 Å². The van der Waals surface area contributed by atoms with Crippen LogP contribution >= 0.6 is 92.8 Å². The van der Waals surface area contributed by atoms with E-state index >= 15 is 0 Å². The SMILES string of the molecule is CC(Oc1ccc2[nH]nc(/C=C/c3cnc(CN4CCCCC4)cn3)c2c1)c1c(Cl)cncc1Cl.CC(Oc1ccc2[nH]nc(/C=C/c3cnc(CN4CCCCC4)nc3)c2c1)c1c(Cl)cncc1Cl.CC(Oc1ccc2[nH]nc(/C=C/c3cncc(CN4CCOCC4)c3)c2c1)c1c(Cl)cncc1Cl.CC(Oc1ccc2[nH]nc(/C=C/c3ncc(CN4CCCCC4)cn3)c2c1)c1c(Cl)cncc1Cl. The summed E-state index contributed by atoms with van der Waals surface area (Å²) in [5.74, 6) is 4.26. The van der Waals surface area contributed by atoms with Gasteiger partial charge in [-0.3, -0.25) is 74.9 Å². The summed E-state index contributed by atoms with van der Waals surface area (Å²) in [6.07, 6.45) is 53.2. The molecule has 4 aliphatic rings. The summed E-state index contributed by atoms with van der Waals surface area (Å²) in [6.45, 7) is 21.4. The summed E-state index contributed by atoms with van der Waals surface area (Å²) in [7, 11) is 0. The monoisotopic (exact) mass is 2030 g/mol. The summed E-state index contributed by atoms with van der Waals surface area (Å²) in [4.78, 5) is 57.4. The first-order valence-corrected chi connectivity index (χ1v) is 49.6. The van der Waals surface area contributed by atoms with Gasteiger partial charge < -0.3 is 23.7 Å². The van der Waals surface area contributed by atoms with E-state index in [4.69, 9.17) is 116 Å². The zero-order valence-corrected chi connectivity index (χ0v) is 83.5. The number of piperidine rings is 3. The molecule has 0 bridgehead atoms. The quantitative estimate of drug-likeness (QED) is 0.0354. The van der Waals surface area contributed by atoms with Crippen LogP contribution in [0.15, 0.2) is 178 Å². The zero-order chi connectivity index (χ0) is 96.8. The van der Waals surface area contributed by atoms with Gasteiger partial charge in [-0.1, -0.05) is 118 Å². The van der Waals surface area contributed by atoms with Crippen molar-refractivity contribution in [3.8, 4) is 23.0 Å². The van der Waals surface area contributed by atoms with Crippen molar-refractivity contribution in [2.24, 2.45) is 0 Å². The number of benzene rings is 4. The Bertz CT molecular complexity index is 6430. The van der Waals surface area contributed by atoms with Gasteiger partial charge in [0.2, 0.25) is 0 Å². The molecular weight excluding hydrogens is 1930 g/mol. The number of aromatic nitrogens is 19. The van der Waals surface area contributed by atoms with E-state index in [1.807, 2.05) is 199 Å². The molecule has 12 aromatic heterocycles. The number of H-pyrrole nitrogens is 4. The average molecular weight is 2040 g/mol. The smallest absolute Gasteiger partial charge is 0.151 e. The Morgan fingerprint density at radius 3 is 1.04 bits per heavy atom. The second kappa shape index (κ2) is 48.5. The number of hydrogen-bond acceptors (Lipinski definition) is 24. The lowest BCUT2D eigenvalue weighted by atomic mass is 10.1. The number of rotatable bonds is 28. The van der Waals surface area contributed by atoms with Crippen LogP contribution < -0.4 is 18.9 Å². The summed E-state index contributed by atoms with van der Waals surface area (Å²) in [5, 5.41) is 37.6. The van der Waals surface area contributed by atoms with E-state index in [9.17, 15) is 0 Å². The zero-order valence-electron chi connectivity index (χ0n) is 77.5. The Morgan fingerprint density at radius 1 is 0.307 bits per heavy atom. The van der Waals surface area contributed by atoms with Crippen molar-refractivity contribution < 1.29 is 23.7 Å². The highest BCUT2D eigenvalue weighted by atomic mass is 35.5. The first-order valence-electron chi connectivity index (χ1n) is 46.6. The van der Waals surface area contributed by atoms with Crippen LogP contribution in [0.4, 0.5) is 0 Å². The van der Waals surface area contributed by atoms with Gasteiger partial charge in [0.05, 0.1) is 129 Å². The summed E-state index contributed by atoms with van der Waals surface area (Å²) in [6, 6.07) is 25.3. The number of nitrogens with one attached hydrogen (secondary N) is 4. The molecule has 4 fully saturated rings. The number of morpholine rings is 1. The van der Waals surface area contributed by atoms with Gasteiger partial charge in [0.25, 0.3) is 0 Å². The highest BCUT2D eigenvalue weighted by molar-refractivity contribution is 6.37. The molecule has 20 rings (SSSR count). The summed E-state index contributed by atoms with van der Waals surface area (Å²) < 4.78 is 30.0. The molecule has 4 aliphatic heterocycles. The van der Waals surface area contributed by atoms with Crippen LogP contribution in [0, 0.1) is 0 Å². The van der Waals surface area contributed by atoms with Crippen molar-refractivity contribution in [3.05, 3.63) is 309 Å². The van der Waals surface area contributed by atoms with E-state index in [-0.39, 0.29) is 24.4 Å². The number of likely N-dealkylation sites (tertiary alicyclic amines) is 3. The van der Waals surface area contributed by atoms with Crippen molar-refractivity contribution in [1.82, 2.24) is 115 Å². The van der Waals surface area contributed by atoms with E-state index in [0.717, 1.165) is 192 Å². The number of nitrogens with zero attached hydrogens (tertiary/aromatic N) is 19. The maximum absolute atomic E-state index is 6.29. The molecule has 720 valence electrons. The third kappa shape index (κ3) is 26.6. The van der Waals surface area contributed by atoms with Gasteiger partial charge in [-0.25, -0.2) is 19.9 Å². The molecule has 4 saturated heterocycles.